The third-order valence-corrected chi connectivity index (χ3v) is 7.97. The first-order valence-electron chi connectivity index (χ1n) is 9.25. The Balaban J connectivity index is 1.82. The van der Waals surface area contributed by atoms with E-state index in [0.717, 1.165) is 0 Å². The summed E-state index contributed by atoms with van der Waals surface area (Å²) in [6, 6.07) is 27.2. The normalized spacial score (nSPS) is 10.7. The first-order chi connectivity index (χ1) is 12.1. The Morgan fingerprint density at radius 3 is 1.12 bits per heavy atom. The fraction of sp³-hybridized carbons (Fsp3) is 0.250. The predicted octanol–water partition coefficient (Wildman–Crippen LogP) is 5.75. The van der Waals surface area contributed by atoms with Crippen LogP contribution in [-0.2, 0) is 15.8 Å². The lowest BCUT2D eigenvalue weighted by atomic mass is 10.1. The zero-order valence-corrected chi connectivity index (χ0v) is 16.8. The molecule has 0 aromatic heterocycles. The van der Waals surface area contributed by atoms with E-state index in [1.54, 1.807) is 0 Å². The molecule has 0 fully saturated rings. The zero-order chi connectivity index (χ0) is 17.6. The number of hydrogen-bond donors (Lipinski definition) is 0. The predicted molar refractivity (Wildman–Crippen MR) is 110 cm³/mol. The molecule has 1 heteroatoms. The Morgan fingerprint density at radius 2 is 0.840 bits per heavy atom. The maximum atomic E-state index is 2.37. The van der Waals surface area contributed by atoms with Gasteiger partial charge < -0.3 is 0 Å². The molecular formula is C24H27Al. The molecule has 0 aliphatic heterocycles. The van der Waals surface area contributed by atoms with Crippen LogP contribution < -0.4 is 0 Å². The van der Waals surface area contributed by atoms with E-state index in [2.05, 4.69) is 93.6 Å². The summed E-state index contributed by atoms with van der Waals surface area (Å²) in [6.07, 6.45) is 0. The van der Waals surface area contributed by atoms with E-state index < -0.39 is 14.1 Å². The van der Waals surface area contributed by atoms with Crippen molar-refractivity contribution in [1.29, 1.82) is 0 Å². The summed E-state index contributed by atoms with van der Waals surface area (Å²) in [4.78, 5) is 0. The molecule has 0 saturated heterocycles. The number of benzene rings is 3. The highest BCUT2D eigenvalue weighted by molar-refractivity contribution is 6.57. The topological polar surface area (TPSA) is 0 Å². The molecule has 0 saturated carbocycles. The van der Waals surface area contributed by atoms with Gasteiger partial charge in [0.2, 0.25) is 0 Å². The molecule has 0 atom stereocenters. The molecule has 0 aliphatic carbocycles. The largest absolute Gasteiger partial charge is 0.277 e. The molecule has 3 aromatic carbocycles. The zero-order valence-electron chi connectivity index (χ0n) is 15.6. The van der Waals surface area contributed by atoms with Crippen molar-refractivity contribution in [3.05, 3.63) is 106 Å². The first kappa shape index (κ1) is 18.0. The standard InChI is InChI=1S/3C8H9.Al/c3*1-7-4-3-5-8(2)6-7;/h3*3-6H,1H2,2H3;. The summed E-state index contributed by atoms with van der Waals surface area (Å²) in [7, 11) is 0. The molecule has 126 valence electrons. The van der Waals surface area contributed by atoms with Crippen molar-refractivity contribution in [2.45, 2.75) is 36.6 Å². The third kappa shape index (κ3) is 5.60. The van der Waals surface area contributed by atoms with Crippen LogP contribution >= 0.6 is 0 Å². The van der Waals surface area contributed by atoms with Crippen LogP contribution in [0.4, 0.5) is 0 Å². The molecule has 0 unspecified atom stereocenters. The van der Waals surface area contributed by atoms with Crippen LogP contribution in [0, 0.1) is 20.8 Å². The molecule has 25 heavy (non-hydrogen) atoms. The molecule has 0 nitrogen and oxygen atoms in total. The van der Waals surface area contributed by atoms with Crippen molar-refractivity contribution in [2.24, 2.45) is 0 Å². The van der Waals surface area contributed by atoms with Gasteiger partial charge >= 0.3 is 0 Å². The van der Waals surface area contributed by atoms with E-state index in [1.807, 2.05) is 0 Å². The minimum Gasteiger partial charge on any atom is -0.0687 e. The summed E-state index contributed by atoms with van der Waals surface area (Å²) in [5.41, 5.74) is 8.65. The summed E-state index contributed by atoms with van der Waals surface area (Å²) in [5, 5.41) is 3.80. The van der Waals surface area contributed by atoms with E-state index in [9.17, 15) is 0 Å². The first-order valence-corrected chi connectivity index (χ1v) is 11.7. The lowest BCUT2D eigenvalue weighted by Gasteiger charge is -2.14. The molecule has 0 amide bonds. The Morgan fingerprint density at radius 1 is 0.520 bits per heavy atom. The molecule has 0 radical (unpaired) electrons. The van der Waals surface area contributed by atoms with Crippen LogP contribution in [0.3, 0.4) is 0 Å². The molecule has 0 spiro atoms. The van der Waals surface area contributed by atoms with Crippen molar-refractivity contribution in [1.82, 2.24) is 0 Å². The molecule has 0 N–H and O–H groups in total. The lowest BCUT2D eigenvalue weighted by molar-refractivity contribution is 1.17. The second-order valence-electron chi connectivity index (χ2n) is 7.45. The highest BCUT2D eigenvalue weighted by atomic mass is 27.2. The maximum absolute atomic E-state index is 2.37. The van der Waals surface area contributed by atoms with Crippen LogP contribution in [-0.4, -0.2) is 14.1 Å². The number of rotatable bonds is 6. The summed E-state index contributed by atoms with van der Waals surface area (Å²) in [6.45, 7) is 6.59. The molecular weight excluding hydrogens is 315 g/mol. The lowest BCUT2D eigenvalue weighted by Crippen LogP contribution is -2.24. The van der Waals surface area contributed by atoms with Crippen molar-refractivity contribution >= 4 is 14.1 Å². The van der Waals surface area contributed by atoms with Gasteiger partial charge in [-0.3, -0.25) is 0 Å². The van der Waals surface area contributed by atoms with Crippen LogP contribution in [0.1, 0.15) is 33.4 Å². The molecule has 0 bridgehead atoms. The SMILES string of the molecule is Cc1cccc([CH2][Al]([CH2]c2cccc(C)c2)[CH2]c2cccc(C)c2)c1. The highest BCUT2D eigenvalue weighted by Gasteiger charge is 2.19. The van der Waals surface area contributed by atoms with E-state index >= 15 is 0 Å². The van der Waals surface area contributed by atoms with E-state index in [4.69, 9.17) is 0 Å². The smallest absolute Gasteiger partial charge is 0.0687 e. The minimum atomic E-state index is -0.976. The van der Waals surface area contributed by atoms with E-state index in [0.29, 0.717) is 0 Å². The summed E-state index contributed by atoms with van der Waals surface area (Å²) < 4.78 is 0. The fourth-order valence-corrected chi connectivity index (χ4v) is 6.93. The van der Waals surface area contributed by atoms with Crippen molar-refractivity contribution in [3.8, 4) is 0 Å². The average Bonchev–Trinajstić information content (AvgIpc) is 2.55. The quantitative estimate of drug-likeness (QED) is 0.500. The van der Waals surface area contributed by atoms with Gasteiger partial charge in [-0.1, -0.05) is 122 Å². The van der Waals surface area contributed by atoms with Gasteiger partial charge in [0.1, 0.15) is 0 Å². The van der Waals surface area contributed by atoms with Gasteiger partial charge in [-0.2, -0.15) is 0 Å². The second kappa shape index (κ2) is 8.53. The summed E-state index contributed by atoms with van der Waals surface area (Å²) >= 11 is -0.976. The Labute approximate surface area is 156 Å². The van der Waals surface area contributed by atoms with Gasteiger partial charge in [0.05, 0.1) is 0 Å². The van der Waals surface area contributed by atoms with Gasteiger partial charge in [-0.15, -0.1) is 0 Å². The number of aryl methyl sites for hydroxylation is 3. The van der Waals surface area contributed by atoms with E-state index in [1.165, 1.54) is 49.2 Å². The van der Waals surface area contributed by atoms with Crippen LogP contribution in [0.25, 0.3) is 0 Å². The molecule has 3 aromatic rings. The van der Waals surface area contributed by atoms with Crippen LogP contribution in [0.15, 0.2) is 72.8 Å². The highest BCUT2D eigenvalue weighted by Crippen LogP contribution is 2.16. The van der Waals surface area contributed by atoms with Gasteiger partial charge in [-0.25, -0.2) is 0 Å². The van der Waals surface area contributed by atoms with Gasteiger partial charge in [0, 0.05) is 0 Å². The monoisotopic (exact) mass is 342 g/mol. The second-order valence-corrected chi connectivity index (χ2v) is 10.4. The molecule has 3 rings (SSSR count). The van der Waals surface area contributed by atoms with Gasteiger partial charge in [0.15, 0.2) is 0 Å². The van der Waals surface area contributed by atoms with E-state index in [-0.39, 0.29) is 0 Å². The fourth-order valence-electron chi connectivity index (χ4n) is 3.73. The Hall–Kier alpha value is -1.81. The minimum absolute atomic E-state index is 0.976. The Kier molecular flexibility index (Phi) is 6.14. The van der Waals surface area contributed by atoms with Crippen LogP contribution in [0.5, 0.6) is 0 Å². The Bertz CT molecular complexity index is 722. The van der Waals surface area contributed by atoms with Crippen molar-refractivity contribution in [2.75, 3.05) is 0 Å². The van der Waals surface area contributed by atoms with Crippen LogP contribution in [0.2, 0.25) is 0 Å². The third-order valence-electron chi connectivity index (χ3n) is 4.82. The molecule has 0 aliphatic rings. The van der Waals surface area contributed by atoms with Gasteiger partial charge in [-0.05, 0) is 20.8 Å². The maximum Gasteiger partial charge on any atom is 0.277 e. The van der Waals surface area contributed by atoms with Crippen molar-refractivity contribution in [3.63, 3.8) is 0 Å². The summed E-state index contributed by atoms with van der Waals surface area (Å²) in [5.74, 6) is 0. The molecule has 0 heterocycles. The van der Waals surface area contributed by atoms with Crippen molar-refractivity contribution < 1.29 is 0 Å². The average molecular weight is 342 g/mol. The number of hydrogen-bond acceptors (Lipinski definition) is 0. The van der Waals surface area contributed by atoms with Gasteiger partial charge in [0.25, 0.3) is 14.1 Å².